The standard InChI is InChI=1S/C14H11BF3NO4/c1-22-13-10(16)5-4-8-11(13)19(7-2-3-7)6-9(12(8)20)14(21)23-15(17)18/h4-7H,2-3H2,1H3. The van der Waals surface area contributed by atoms with Gasteiger partial charge < -0.3 is 14.0 Å². The average Bonchev–Trinajstić information content (AvgIpc) is 3.31. The molecule has 1 saturated carbocycles. The van der Waals surface area contributed by atoms with Gasteiger partial charge in [-0.25, -0.2) is 17.8 Å². The van der Waals surface area contributed by atoms with Crippen LogP contribution >= 0.6 is 0 Å². The minimum Gasteiger partial charge on any atom is -0.492 e. The maximum atomic E-state index is 13.9. The topological polar surface area (TPSA) is 57.5 Å². The number of nitrogens with zero attached hydrogens (tertiary/aromatic N) is 1. The smallest absolute Gasteiger partial charge is 0.492 e. The van der Waals surface area contributed by atoms with Crippen LogP contribution in [-0.2, 0) is 4.65 Å². The second-order valence-corrected chi connectivity index (χ2v) is 5.15. The lowest BCUT2D eigenvalue weighted by atomic mass is 10.1. The van der Waals surface area contributed by atoms with Crippen molar-refractivity contribution in [1.82, 2.24) is 4.57 Å². The van der Waals surface area contributed by atoms with Gasteiger partial charge in [-0.05, 0) is 25.0 Å². The summed E-state index contributed by atoms with van der Waals surface area (Å²) in [7, 11) is -2.06. The molecule has 0 saturated heterocycles. The van der Waals surface area contributed by atoms with Crippen LogP contribution in [0.4, 0.5) is 13.0 Å². The number of methoxy groups -OCH3 is 1. The number of fused-ring (bicyclic) bond motifs is 1. The number of rotatable bonds is 4. The Hall–Kier alpha value is -2.45. The molecule has 0 aliphatic heterocycles. The zero-order valence-corrected chi connectivity index (χ0v) is 12.0. The van der Waals surface area contributed by atoms with E-state index in [-0.39, 0.29) is 22.7 Å². The maximum Gasteiger partial charge on any atom is 0.798 e. The summed E-state index contributed by atoms with van der Waals surface area (Å²) in [6.07, 6.45) is 2.66. The first-order valence-corrected chi connectivity index (χ1v) is 6.84. The number of carbonyl (C=O) groups excluding carboxylic acids is 1. The monoisotopic (exact) mass is 325 g/mol. The van der Waals surface area contributed by atoms with E-state index in [1.807, 2.05) is 0 Å². The number of ether oxygens (including phenoxy) is 1. The van der Waals surface area contributed by atoms with E-state index in [9.17, 15) is 22.6 Å². The minimum absolute atomic E-state index is 0.0128. The Balaban J connectivity index is 2.30. The second kappa shape index (κ2) is 5.64. The number of hydrogen-bond donors (Lipinski definition) is 0. The van der Waals surface area contributed by atoms with Crippen LogP contribution in [0.5, 0.6) is 5.75 Å². The molecule has 1 aliphatic rings. The van der Waals surface area contributed by atoms with Crippen molar-refractivity contribution in [1.29, 1.82) is 0 Å². The molecule has 23 heavy (non-hydrogen) atoms. The van der Waals surface area contributed by atoms with Crippen LogP contribution in [0.1, 0.15) is 29.2 Å². The van der Waals surface area contributed by atoms with Gasteiger partial charge in [0.05, 0.1) is 18.0 Å². The van der Waals surface area contributed by atoms with Crippen molar-refractivity contribution in [2.75, 3.05) is 7.11 Å². The van der Waals surface area contributed by atoms with Crippen molar-refractivity contribution in [3.05, 3.63) is 39.9 Å². The highest BCUT2D eigenvalue weighted by molar-refractivity contribution is 6.38. The molecule has 0 unspecified atom stereocenters. The van der Waals surface area contributed by atoms with E-state index < -0.39 is 30.2 Å². The molecule has 9 heteroatoms. The first-order valence-electron chi connectivity index (χ1n) is 6.84. The molecule has 0 N–H and O–H groups in total. The molecule has 2 aromatic rings. The summed E-state index contributed by atoms with van der Waals surface area (Å²) in [5.41, 5.74) is -1.12. The van der Waals surface area contributed by atoms with Crippen molar-refractivity contribution in [2.24, 2.45) is 0 Å². The van der Waals surface area contributed by atoms with Crippen molar-refractivity contribution < 1.29 is 27.2 Å². The number of carbonyl (C=O) groups is 1. The summed E-state index contributed by atoms with van der Waals surface area (Å²) in [5, 5.41) is 0.0128. The number of hydrogen-bond acceptors (Lipinski definition) is 4. The Morgan fingerprint density at radius 1 is 1.35 bits per heavy atom. The molecule has 0 radical (unpaired) electrons. The molecule has 3 rings (SSSR count). The summed E-state index contributed by atoms with van der Waals surface area (Å²) < 4.78 is 48.7. The van der Waals surface area contributed by atoms with Gasteiger partial charge in [0, 0.05) is 12.2 Å². The Labute approximate surface area is 128 Å². The van der Waals surface area contributed by atoms with Crippen molar-refractivity contribution >= 4 is 24.3 Å². The molecule has 0 amide bonds. The van der Waals surface area contributed by atoms with Gasteiger partial charge in [0.25, 0.3) is 0 Å². The van der Waals surface area contributed by atoms with Crippen molar-refractivity contribution in [3.8, 4) is 5.75 Å². The molecule has 1 aliphatic carbocycles. The molecule has 0 spiro atoms. The highest BCUT2D eigenvalue weighted by Gasteiger charge is 2.31. The van der Waals surface area contributed by atoms with E-state index in [1.165, 1.54) is 17.7 Å². The zero-order valence-electron chi connectivity index (χ0n) is 12.0. The summed E-state index contributed by atoms with van der Waals surface area (Å²) in [6.45, 7) is 0. The Morgan fingerprint density at radius 2 is 2.04 bits per heavy atom. The van der Waals surface area contributed by atoms with Gasteiger partial charge in [-0.3, -0.25) is 4.79 Å². The molecule has 0 bridgehead atoms. The third-order valence-corrected chi connectivity index (χ3v) is 3.66. The summed E-state index contributed by atoms with van der Waals surface area (Å²) in [5.74, 6) is -2.19. The lowest BCUT2D eigenvalue weighted by Gasteiger charge is -2.15. The average molecular weight is 325 g/mol. The molecule has 1 heterocycles. The van der Waals surface area contributed by atoms with Gasteiger partial charge in [-0.1, -0.05) is 0 Å². The molecule has 1 fully saturated rings. The predicted molar refractivity (Wildman–Crippen MR) is 76.4 cm³/mol. The summed E-state index contributed by atoms with van der Waals surface area (Å²) in [4.78, 5) is 24.1. The second-order valence-electron chi connectivity index (χ2n) is 5.15. The molecule has 0 atom stereocenters. The maximum absolute atomic E-state index is 13.9. The van der Waals surface area contributed by atoms with Crippen molar-refractivity contribution in [2.45, 2.75) is 18.9 Å². The van der Waals surface area contributed by atoms with Crippen LogP contribution in [0, 0.1) is 5.82 Å². The van der Waals surface area contributed by atoms with Gasteiger partial charge in [-0.15, -0.1) is 0 Å². The third-order valence-electron chi connectivity index (χ3n) is 3.66. The fourth-order valence-corrected chi connectivity index (χ4v) is 2.52. The fourth-order valence-electron chi connectivity index (χ4n) is 2.52. The first-order chi connectivity index (χ1) is 10.9. The molecular weight excluding hydrogens is 314 g/mol. The largest absolute Gasteiger partial charge is 0.798 e. The van der Waals surface area contributed by atoms with Crippen LogP contribution < -0.4 is 10.2 Å². The number of halogens is 3. The quantitative estimate of drug-likeness (QED) is 0.811. The van der Waals surface area contributed by atoms with Crippen LogP contribution in [0.2, 0.25) is 0 Å². The Kier molecular flexibility index (Phi) is 3.79. The predicted octanol–water partition coefficient (Wildman–Crippen LogP) is 2.56. The Bertz CT molecular complexity index is 848. The van der Waals surface area contributed by atoms with Crippen LogP contribution in [0.15, 0.2) is 23.1 Å². The van der Waals surface area contributed by atoms with E-state index >= 15 is 0 Å². The van der Waals surface area contributed by atoms with Gasteiger partial charge in [-0.2, -0.15) is 0 Å². The fraction of sp³-hybridized carbons (Fsp3) is 0.286. The van der Waals surface area contributed by atoms with Crippen LogP contribution in [-0.4, -0.2) is 25.1 Å². The van der Waals surface area contributed by atoms with Crippen LogP contribution in [0.3, 0.4) is 0 Å². The first kappa shape index (κ1) is 15.5. The summed E-state index contributed by atoms with van der Waals surface area (Å²) in [6, 6.07) is 2.18. The van der Waals surface area contributed by atoms with E-state index in [1.54, 1.807) is 0 Å². The molecule has 5 nitrogen and oxygen atoms in total. The zero-order chi connectivity index (χ0) is 16.7. The number of aromatic nitrogens is 1. The summed E-state index contributed by atoms with van der Waals surface area (Å²) >= 11 is 0. The number of benzene rings is 1. The van der Waals surface area contributed by atoms with Crippen molar-refractivity contribution in [3.63, 3.8) is 0 Å². The highest BCUT2D eigenvalue weighted by Crippen LogP contribution is 2.39. The van der Waals surface area contributed by atoms with E-state index in [4.69, 9.17) is 4.74 Å². The van der Waals surface area contributed by atoms with Gasteiger partial charge in [0.15, 0.2) is 11.6 Å². The highest BCUT2D eigenvalue weighted by atomic mass is 19.2. The molecule has 120 valence electrons. The Morgan fingerprint density at radius 3 is 2.61 bits per heavy atom. The third kappa shape index (κ3) is 2.66. The van der Waals surface area contributed by atoms with Gasteiger partial charge in [0.2, 0.25) is 5.43 Å². The van der Waals surface area contributed by atoms with Gasteiger partial charge in [0.1, 0.15) is 5.56 Å². The molecule has 1 aromatic carbocycles. The normalized spacial score (nSPS) is 13.9. The lowest BCUT2D eigenvalue weighted by molar-refractivity contribution is 0.0693. The molecule has 1 aromatic heterocycles. The minimum atomic E-state index is -3.32. The lowest BCUT2D eigenvalue weighted by Crippen LogP contribution is -2.23. The molecular formula is C14H11BF3NO4. The van der Waals surface area contributed by atoms with Crippen LogP contribution in [0.25, 0.3) is 10.9 Å². The van der Waals surface area contributed by atoms with E-state index in [0.29, 0.717) is 0 Å². The van der Waals surface area contributed by atoms with Gasteiger partial charge >= 0.3 is 13.4 Å². The number of pyridine rings is 1. The van der Waals surface area contributed by atoms with E-state index in [2.05, 4.69) is 4.65 Å². The van der Waals surface area contributed by atoms with E-state index in [0.717, 1.165) is 25.1 Å². The SMILES string of the molecule is COc1c(F)ccc2c(=O)c(C(=O)OB(F)F)cn(C3CC3)c12.